The molecule has 3 aromatic rings. The summed E-state index contributed by atoms with van der Waals surface area (Å²) in [5.74, 6) is -0.809. The van der Waals surface area contributed by atoms with Crippen LogP contribution in [0.3, 0.4) is 0 Å². The topological polar surface area (TPSA) is 95.5 Å². The number of amides is 1. The largest absolute Gasteiger partial charge is 0.507 e. The molecule has 0 unspecified atom stereocenters. The van der Waals surface area contributed by atoms with Crippen molar-refractivity contribution >= 4 is 38.6 Å². The van der Waals surface area contributed by atoms with E-state index in [-0.39, 0.29) is 21.2 Å². The van der Waals surface area contributed by atoms with Crippen molar-refractivity contribution in [3.63, 3.8) is 0 Å². The average molecular weight is 374 g/mol. The van der Waals surface area contributed by atoms with Gasteiger partial charge < -0.3 is 10.4 Å². The van der Waals surface area contributed by atoms with Gasteiger partial charge in [-0.3, -0.25) is 9.52 Å². The van der Waals surface area contributed by atoms with E-state index in [1.54, 1.807) is 35.7 Å². The van der Waals surface area contributed by atoms with Crippen LogP contribution in [0.2, 0.25) is 0 Å². The Hall–Kier alpha value is -2.84. The molecule has 0 aliphatic carbocycles. The molecule has 0 fully saturated rings. The Morgan fingerprint density at radius 1 is 0.960 bits per heavy atom. The Bertz CT molecular complexity index is 985. The fourth-order valence-electron chi connectivity index (χ4n) is 2.13. The molecule has 6 nitrogen and oxygen atoms in total. The lowest BCUT2D eigenvalue weighted by atomic mass is 10.1. The predicted octanol–water partition coefficient (Wildman–Crippen LogP) is 3.51. The number of benzene rings is 2. The second kappa shape index (κ2) is 6.96. The molecule has 3 rings (SSSR count). The molecule has 0 atom stereocenters. The average Bonchev–Trinajstić information content (AvgIpc) is 3.11. The van der Waals surface area contributed by atoms with Crippen LogP contribution in [0, 0.1) is 0 Å². The maximum Gasteiger partial charge on any atom is 0.271 e. The number of para-hydroxylation sites is 1. The molecule has 0 saturated carbocycles. The molecular weight excluding hydrogens is 360 g/mol. The molecule has 0 aliphatic heterocycles. The number of carbonyl (C=O) groups excluding carboxylic acids is 1. The van der Waals surface area contributed by atoms with Crippen molar-refractivity contribution < 1.29 is 18.3 Å². The minimum atomic E-state index is -3.71. The van der Waals surface area contributed by atoms with Crippen LogP contribution in [0.15, 0.2) is 70.3 Å². The summed E-state index contributed by atoms with van der Waals surface area (Å²) >= 11 is 1.09. The summed E-state index contributed by atoms with van der Waals surface area (Å²) < 4.78 is 26.9. The van der Waals surface area contributed by atoms with Crippen LogP contribution < -0.4 is 10.0 Å². The summed E-state index contributed by atoms with van der Waals surface area (Å²) in [4.78, 5) is 12.2. The number of hydrogen-bond donors (Lipinski definition) is 3. The lowest BCUT2D eigenvalue weighted by Crippen LogP contribution is -2.13. The van der Waals surface area contributed by atoms with E-state index in [1.165, 1.54) is 24.3 Å². The van der Waals surface area contributed by atoms with Crippen molar-refractivity contribution in [3.8, 4) is 5.75 Å². The van der Waals surface area contributed by atoms with Crippen molar-refractivity contribution in [2.45, 2.75) is 4.21 Å². The van der Waals surface area contributed by atoms with Crippen molar-refractivity contribution in [2.75, 3.05) is 10.0 Å². The monoisotopic (exact) mass is 374 g/mol. The van der Waals surface area contributed by atoms with Gasteiger partial charge in [-0.25, -0.2) is 8.42 Å². The number of rotatable bonds is 5. The van der Waals surface area contributed by atoms with Crippen molar-refractivity contribution in [3.05, 3.63) is 71.6 Å². The molecule has 1 amide bonds. The van der Waals surface area contributed by atoms with Gasteiger partial charge in [0, 0.05) is 11.8 Å². The number of nitrogens with one attached hydrogen (secondary N) is 2. The van der Waals surface area contributed by atoms with E-state index in [9.17, 15) is 18.3 Å². The van der Waals surface area contributed by atoms with Gasteiger partial charge in [0.1, 0.15) is 9.96 Å². The number of hydrogen-bond acceptors (Lipinski definition) is 5. The zero-order valence-corrected chi connectivity index (χ0v) is 14.5. The fourth-order valence-corrected chi connectivity index (χ4v) is 4.17. The van der Waals surface area contributed by atoms with Gasteiger partial charge in [0.2, 0.25) is 0 Å². The molecule has 128 valence electrons. The van der Waals surface area contributed by atoms with Gasteiger partial charge in [0.05, 0.1) is 11.3 Å². The third-order valence-corrected chi connectivity index (χ3v) is 6.06. The van der Waals surface area contributed by atoms with Crippen LogP contribution in [0.4, 0.5) is 11.4 Å². The first-order valence-electron chi connectivity index (χ1n) is 7.21. The zero-order chi connectivity index (χ0) is 17.9. The quantitative estimate of drug-likeness (QED) is 0.637. The highest BCUT2D eigenvalue weighted by atomic mass is 32.2. The van der Waals surface area contributed by atoms with Crippen LogP contribution in [0.25, 0.3) is 0 Å². The summed E-state index contributed by atoms with van der Waals surface area (Å²) in [6, 6.07) is 15.9. The summed E-state index contributed by atoms with van der Waals surface area (Å²) in [5.41, 5.74) is 0.805. The van der Waals surface area contributed by atoms with E-state index in [2.05, 4.69) is 10.0 Å². The van der Waals surface area contributed by atoms with Crippen LogP contribution in [-0.4, -0.2) is 19.4 Å². The molecule has 0 bridgehead atoms. The second-order valence-corrected chi connectivity index (χ2v) is 7.95. The highest BCUT2D eigenvalue weighted by Crippen LogP contribution is 2.26. The maximum absolute atomic E-state index is 12.2. The minimum absolute atomic E-state index is 0.0444. The first kappa shape index (κ1) is 17.0. The van der Waals surface area contributed by atoms with Gasteiger partial charge >= 0.3 is 0 Å². The van der Waals surface area contributed by atoms with E-state index in [0.717, 1.165) is 11.3 Å². The maximum atomic E-state index is 12.2. The third-order valence-electron chi connectivity index (χ3n) is 3.29. The highest BCUT2D eigenvalue weighted by Gasteiger charge is 2.17. The van der Waals surface area contributed by atoms with E-state index >= 15 is 0 Å². The predicted molar refractivity (Wildman–Crippen MR) is 97.6 cm³/mol. The molecule has 0 spiro atoms. The van der Waals surface area contributed by atoms with Crippen molar-refractivity contribution in [2.24, 2.45) is 0 Å². The number of phenols is 1. The number of phenolic OH excluding ortho intramolecular Hbond substituents is 1. The number of aromatic hydroxyl groups is 1. The number of carbonyl (C=O) groups is 1. The summed E-state index contributed by atoms with van der Waals surface area (Å²) in [5, 5.41) is 14.4. The van der Waals surface area contributed by atoms with Crippen molar-refractivity contribution in [1.29, 1.82) is 0 Å². The summed E-state index contributed by atoms with van der Waals surface area (Å²) in [6.07, 6.45) is 0. The Morgan fingerprint density at radius 3 is 2.36 bits per heavy atom. The van der Waals surface area contributed by atoms with E-state index < -0.39 is 15.9 Å². The number of thiophene rings is 1. The molecule has 0 saturated heterocycles. The van der Waals surface area contributed by atoms with Crippen LogP contribution >= 0.6 is 11.3 Å². The molecule has 2 aromatic carbocycles. The Morgan fingerprint density at radius 2 is 1.72 bits per heavy atom. The Balaban J connectivity index is 1.78. The van der Waals surface area contributed by atoms with Gasteiger partial charge in [-0.2, -0.15) is 0 Å². The fraction of sp³-hybridized carbons (Fsp3) is 0. The highest BCUT2D eigenvalue weighted by molar-refractivity contribution is 7.94. The number of sulfonamides is 1. The SMILES string of the molecule is O=C(Nc1ccccc1)c1ccc(NS(=O)(=O)c2cccs2)cc1O. The van der Waals surface area contributed by atoms with Gasteiger partial charge in [-0.05, 0) is 35.7 Å². The van der Waals surface area contributed by atoms with Gasteiger partial charge in [0.25, 0.3) is 15.9 Å². The van der Waals surface area contributed by atoms with Gasteiger partial charge in [-0.1, -0.05) is 24.3 Å². The zero-order valence-electron chi connectivity index (χ0n) is 12.8. The molecule has 0 radical (unpaired) electrons. The third kappa shape index (κ3) is 3.98. The standard InChI is InChI=1S/C17H14N2O4S2/c20-15-11-13(19-25(22,23)16-7-4-10-24-16)8-9-14(15)17(21)18-12-5-2-1-3-6-12/h1-11,19-20H,(H,18,21). The first-order chi connectivity index (χ1) is 12.0. The van der Waals surface area contributed by atoms with E-state index in [0.29, 0.717) is 5.69 Å². The molecule has 8 heteroatoms. The molecule has 0 aliphatic rings. The van der Waals surface area contributed by atoms with Crippen LogP contribution in [0.1, 0.15) is 10.4 Å². The Kier molecular flexibility index (Phi) is 4.73. The molecule has 1 aromatic heterocycles. The van der Waals surface area contributed by atoms with Gasteiger partial charge in [0.15, 0.2) is 0 Å². The first-order valence-corrected chi connectivity index (χ1v) is 9.58. The van der Waals surface area contributed by atoms with Crippen LogP contribution in [0.5, 0.6) is 5.75 Å². The smallest absolute Gasteiger partial charge is 0.271 e. The second-order valence-electron chi connectivity index (χ2n) is 5.09. The normalized spacial score (nSPS) is 11.0. The Labute approximate surface area is 148 Å². The molecule has 1 heterocycles. The van der Waals surface area contributed by atoms with E-state index in [4.69, 9.17) is 0 Å². The summed E-state index contributed by atoms with van der Waals surface area (Å²) in [7, 11) is -3.71. The lowest BCUT2D eigenvalue weighted by molar-refractivity contribution is 0.102. The van der Waals surface area contributed by atoms with Crippen molar-refractivity contribution in [1.82, 2.24) is 0 Å². The number of anilines is 2. The summed E-state index contributed by atoms with van der Waals surface area (Å²) in [6.45, 7) is 0. The molecule has 3 N–H and O–H groups in total. The molecular formula is C17H14N2O4S2. The van der Waals surface area contributed by atoms with Gasteiger partial charge in [-0.15, -0.1) is 11.3 Å². The van der Waals surface area contributed by atoms with E-state index in [1.807, 2.05) is 6.07 Å². The molecule has 25 heavy (non-hydrogen) atoms. The van der Waals surface area contributed by atoms with Crippen LogP contribution in [-0.2, 0) is 10.0 Å². The minimum Gasteiger partial charge on any atom is -0.507 e. The lowest BCUT2D eigenvalue weighted by Gasteiger charge is -2.10.